The van der Waals surface area contributed by atoms with E-state index in [4.69, 9.17) is 9.52 Å². The van der Waals surface area contributed by atoms with Crippen molar-refractivity contribution in [2.45, 2.75) is 49.6 Å². The Bertz CT molecular complexity index is 598. The van der Waals surface area contributed by atoms with Crippen molar-refractivity contribution in [2.75, 3.05) is 6.54 Å². The molecule has 1 saturated carbocycles. The molecule has 112 valence electrons. The van der Waals surface area contributed by atoms with Crippen LogP contribution in [0, 0.1) is 5.92 Å². The van der Waals surface area contributed by atoms with E-state index in [0.717, 1.165) is 25.7 Å². The van der Waals surface area contributed by atoms with Gasteiger partial charge in [0.25, 0.3) is 0 Å². The van der Waals surface area contributed by atoms with Crippen LogP contribution in [0.1, 0.15) is 37.9 Å². The third-order valence-electron chi connectivity index (χ3n) is 4.41. The molecule has 2 fully saturated rings. The highest BCUT2D eigenvalue weighted by molar-refractivity contribution is 9.10. The molecule has 7 heteroatoms. The van der Waals surface area contributed by atoms with Crippen molar-refractivity contribution >= 4 is 26.0 Å². The smallest absolute Gasteiger partial charge is 0.247 e. The van der Waals surface area contributed by atoms with E-state index in [1.165, 1.54) is 12.5 Å². The van der Waals surface area contributed by atoms with E-state index in [2.05, 4.69) is 15.9 Å². The average Bonchev–Trinajstić information content (AvgIpc) is 3.02. The van der Waals surface area contributed by atoms with E-state index in [0.29, 0.717) is 12.5 Å². The summed E-state index contributed by atoms with van der Waals surface area (Å²) >= 11 is 3.15. The second-order valence-electron chi connectivity index (χ2n) is 5.53. The summed E-state index contributed by atoms with van der Waals surface area (Å²) < 4.78 is 32.6. The van der Waals surface area contributed by atoms with Gasteiger partial charge in [0.05, 0.1) is 0 Å². The lowest BCUT2D eigenvalue weighted by atomic mass is 9.86. The molecule has 2 heterocycles. The molecule has 2 atom stereocenters. The summed E-state index contributed by atoms with van der Waals surface area (Å²) in [6, 6.07) is 1.54. The molecule has 1 saturated heterocycles. The second-order valence-corrected chi connectivity index (χ2v) is 8.10. The van der Waals surface area contributed by atoms with Crippen molar-refractivity contribution in [3.05, 3.63) is 16.5 Å². The third-order valence-corrected chi connectivity index (χ3v) is 7.19. The molecule has 2 unspecified atom stereocenters. The van der Waals surface area contributed by atoms with Gasteiger partial charge < -0.3 is 9.52 Å². The molecule has 1 aromatic rings. The average molecular weight is 364 g/mol. The van der Waals surface area contributed by atoms with E-state index in [9.17, 15) is 8.42 Å². The maximum absolute atomic E-state index is 12.8. The number of aliphatic hydroxyl groups excluding tert-OH is 1. The Morgan fingerprint density at radius 3 is 2.80 bits per heavy atom. The van der Waals surface area contributed by atoms with Crippen LogP contribution >= 0.6 is 15.9 Å². The molecule has 5 nitrogen and oxygen atoms in total. The Balaban J connectivity index is 1.93. The first-order valence-electron chi connectivity index (χ1n) is 6.95. The van der Waals surface area contributed by atoms with Gasteiger partial charge in [-0.05, 0) is 41.1 Å². The van der Waals surface area contributed by atoms with E-state index >= 15 is 0 Å². The van der Waals surface area contributed by atoms with Crippen LogP contribution in [0.25, 0.3) is 0 Å². The molecule has 1 aliphatic carbocycles. The van der Waals surface area contributed by atoms with Gasteiger partial charge in [-0.1, -0.05) is 12.8 Å². The molecule has 0 radical (unpaired) electrons. The fourth-order valence-corrected chi connectivity index (χ4v) is 6.13. The van der Waals surface area contributed by atoms with Crippen LogP contribution in [-0.4, -0.2) is 30.4 Å². The summed E-state index contributed by atoms with van der Waals surface area (Å²) in [5, 5.41) is 9.07. The summed E-state index contributed by atoms with van der Waals surface area (Å²) in [5.41, 5.74) is 0. The Labute approximate surface area is 127 Å². The van der Waals surface area contributed by atoms with Crippen LogP contribution in [0.15, 0.2) is 20.0 Å². The van der Waals surface area contributed by atoms with Crippen molar-refractivity contribution in [1.29, 1.82) is 0 Å². The number of aliphatic hydroxyl groups is 1. The van der Waals surface area contributed by atoms with Gasteiger partial charge in [-0.2, -0.15) is 4.31 Å². The number of halogens is 1. The van der Waals surface area contributed by atoms with Gasteiger partial charge in [0.15, 0.2) is 4.67 Å². The summed E-state index contributed by atoms with van der Waals surface area (Å²) in [4.78, 5) is 0.132. The van der Waals surface area contributed by atoms with Crippen LogP contribution in [0.3, 0.4) is 0 Å². The molecule has 1 N–H and O–H groups in total. The number of sulfonamides is 1. The molecule has 0 spiro atoms. The summed E-state index contributed by atoms with van der Waals surface area (Å²) in [5.74, 6) is 0.761. The molecule has 2 aliphatic rings. The SMILES string of the molecule is O=S(=O)(c1cc(CO)oc1Br)N1CCC2CCCCC21. The number of nitrogens with zero attached hydrogens (tertiary/aromatic N) is 1. The standard InChI is InChI=1S/C13H18BrNO4S/c14-13-12(7-10(8-16)19-13)20(17,18)15-6-5-9-3-1-2-4-11(9)15/h7,9,11,16H,1-6,8H2. The van der Waals surface area contributed by atoms with Crippen LogP contribution in [-0.2, 0) is 16.6 Å². The lowest BCUT2D eigenvalue weighted by Crippen LogP contribution is -2.39. The molecular formula is C13H18BrNO4S. The number of furan rings is 1. The normalized spacial score (nSPS) is 27.7. The first kappa shape index (κ1) is 14.6. The van der Waals surface area contributed by atoms with E-state index in [-0.39, 0.29) is 28.0 Å². The summed E-state index contributed by atoms with van der Waals surface area (Å²) in [7, 11) is -3.55. The maximum atomic E-state index is 12.8. The zero-order valence-corrected chi connectivity index (χ0v) is 13.5. The summed E-state index contributed by atoms with van der Waals surface area (Å²) in [6.45, 7) is 0.282. The van der Waals surface area contributed by atoms with Crippen molar-refractivity contribution < 1.29 is 17.9 Å². The monoisotopic (exact) mass is 363 g/mol. The third kappa shape index (κ3) is 2.34. The Kier molecular flexibility index (Phi) is 3.96. The Morgan fingerprint density at radius 1 is 1.35 bits per heavy atom. The molecule has 1 aliphatic heterocycles. The quantitative estimate of drug-likeness (QED) is 0.895. The van der Waals surface area contributed by atoms with Gasteiger partial charge in [-0.15, -0.1) is 0 Å². The lowest BCUT2D eigenvalue weighted by Gasteiger charge is -2.30. The first-order valence-corrected chi connectivity index (χ1v) is 9.18. The van der Waals surface area contributed by atoms with Gasteiger partial charge >= 0.3 is 0 Å². The summed E-state index contributed by atoms with van der Waals surface area (Å²) in [6.07, 6.45) is 5.34. The highest BCUT2D eigenvalue weighted by atomic mass is 79.9. The van der Waals surface area contributed by atoms with Gasteiger partial charge in [0.1, 0.15) is 17.3 Å². The Hall–Kier alpha value is -0.370. The van der Waals surface area contributed by atoms with Gasteiger partial charge in [0, 0.05) is 18.7 Å². The lowest BCUT2D eigenvalue weighted by molar-refractivity contribution is 0.244. The first-order chi connectivity index (χ1) is 9.54. The molecule has 0 amide bonds. The van der Waals surface area contributed by atoms with Crippen LogP contribution in [0.5, 0.6) is 0 Å². The van der Waals surface area contributed by atoms with Crippen molar-refractivity contribution in [1.82, 2.24) is 4.31 Å². The minimum Gasteiger partial charge on any atom is -0.450 e. The topological polar surface area (TPSA) is 70.8 Å². The van der Waals surface area contributed by atoms with E-state index < -0.39 is 10.0 Å². The van der Waals surface area contributed by atoms with Crippen LogP contribution in [0.2, 0.25) is 0 Å². The highest BCUT2D eigenvalue weighted by Crippen LogP contribution is 2.40. The van der Waals surface area contributed by atoms with Crippen LogP contribution in [0.4, 0.5) is 0 Å². The molecule has 0 bridgehead atoms. The van der Waals surface area contributed by atoms with Gasteiger partial charge in [-0.25, -0.2) is 8.42 Å². The minimum absolute atomic E-state index is 0.132. The number of hydrogen-bond acceptors (Lipinski definition) is 4. The van der Waals surface area contributed by atoms with Crippen molar-refractivity contribution in [3.8, 4) is 0 Å². The number of rotatable bonds is 3. The van der Waals surface area contributed by atoms with Gasteiger partial charge in [-0.3, -0.25) is 0 Å². The second kappa shape index (κ2) is 5.44. The largest absolute Gasteiger partial charge is 0.450 e. The van der Waals surface area contributed by atoms with E-state index in [1.54, 1.807) is 4.31 Å². The number of hydrogen-bond donors (Lipinski definition) is 1. The zero-order valence-electron chi connectivity index (χ0n) is 11.1. The van der Waals surface area contributed by atoms with Crippen molar-refractivity contribution in [3.63, 3.8) is 0 Å². The van der Waals surface area contributed by atoms with Gasteiger partial charge in [0.2, 0.25) is 10.0 Å². The van der Waals surface area contributed by atoms with E-state index in [1.807, 2.05) is 0 Å². The maximum Gasteiger partial charge on any atom is 0.247 e. The van der Waals surface area contributed by atoms with Crippen LogP contribution < -0.4 is 0 Å². The number of fused-ring (bicyclic) bond motifs is 1. The predicted octanol–water partition coefficient (Wildman–Crippen LogP) is 2.49. The molecular weight excluding hydrogens is 346 g/mol. The molecule has 3 rings (SSSR count). The fraction of sp³-hybridized carbons (Fsp3) is 0.692. The predicted molar refractivity (Wildman–Crippen MR) is 76.6 cm³/mol. The Morgan fingerprint density at radius 2 is 2.10 bits per heavy atom. The van der Waals surface area contributed by atoms with Crippen molar-refractivity contribution in [2.24, 2.45) is 5.92 Å². The molecule has 1 aromatic heterocycles. The zero-order chi connectivity index (χ0) is 14.3. The molecule has 0 aromatic carbocycles. The minimum atomic E-state index is -3.55. The highest BCUT2D eigenvalue weighted by Gasteiger charge is 2.43. The molecule has 20 heavy (non-hydrogen) atoms. The fourth-order valence-electron chi connectivity index (χ4n) is 3.44.